The number of benzene rings is 9. The van der Waals surface area contributed by atoms with E-state index in [1.54, 1.807) is 4.57 Å². The lowest BCUT2D eigenvalue weighted by Crippen LogP contribution is -2.02. The minimum Gasteiger partial charge on any atom is -0.455 e. The zero-order valence-corrected chi connectivity index (χ0v) is 33.0. The lowest BCUT2D eigenvalue weighted by atomic mass is 9.97. The molecule has 5 heteroatoms. The molecule has 12 rings (SSSR count). The lowest BCUT2D eigenvalue weighted by molar-refractivity contribution is 0.670. The highest BCUT2D eigenvalue weighted by molar-refractivity contribution is 6.12. The van der Waals surface area contributed by atoms with Gasteiger partial charge in [0.2, 0.25) is 0 Å². The maximum absolute atomic E-state index is 9.28. The predicted octanol–water partition coefficient (Wildman–Crippen LogP) is 14.9. The summed E-state index contributed by atoms with van der Waals surface area (Å²) in [5.41, 5.74) is 10.2. The molecule has 0 amide bonds. The number of hydrogen-bond donors (Lipinski definition) is 0. The first-order valence-electron chi connectivity index (χ1n) is 23.3. The Kier molecular flexibility index (Phi) is 7.05. The standard InChI is InChI=1S/C57H36N4O/c1-3-15-37(16-4-1)39-29-31-40(32-30-39)55-58-56(42-20-13-19-41(35-42)38-17-5-2-6-18-38)60-57(59-55)43-33-34-52(61-50-26-10-7-21-44(50)45-22-8-11-27-51(45)61)49(36-43)48-25-14-24-47-46-23-9-12-28-53(46)62-54(47)48/h1-36H/i7D,8D,21D,22D,26D,27D. The number of rotatable bonds is 7. The molecule has 0 aliphatic rings. The van der Waals surface area contributed by atoms with Crippen molar-refractivity contribution in [3.63, 3.8) is 0 Å². The first-order chi connectivity index (χ1) is 33.2. The molecule has 62 heavy (non-hydrogen) atoms. The lowest BCUT2D eigenvalue weighted by Gasteiger charge is -2.16. The quantitative estimate of drug-likeness (QED) is 0.161. The minimum atomic E-state index is -0.186. The van der Waals surface area contributed by atoms with E-state index in [9.17, 15) is 2.74 Å². The second-order valence-electron chi connectivity index (χ2n) is 15.1. The summed E-state index contributed by atoms with van der Waals surface area (Å²) in [7, 11) is 0. The molecule has 0 bridgehead atoms. The van der Waals surface area contributed by atoms with Crippen molar-refractivity contribution in [1.29, 1.82) is 0 Å². The van der Waals surface area contributed by atoms with Crippen LogP contribution in [-0.2, 0) is 0 Å². The first-order valence-corrected chi connectivity index (χ1v) is 20.3. The highest BCUT2D eigenvalue weighted by Crippen LogP contribution is 2.42. The maximum atomic E-state index is 9.28. The van der Waals surface area contributed by atoms with Gasteiger partial charge in [-0.3, -0.25) is 0 Å². The summed E-state index contributed by atoms with van der Waals surface area (Å²) in [6.07, 6.45) is 0. The molecule has 0 aliphatic heterocycles. The van der Waals surface area contributed by atoms with Crippen LogP contribution in [0.1, 0.15) is 8.22 Å². The largest absolute Gasteiger partial charge is 0.455 e. The number of nitrogens with zero attached hydrogens (tertiary/aromatic N) is 4. The van der Waals surface area contributed by atoms with Gasteiger partial charge in [0.1, 0.15) is 11.2 Å². The number of para-hydroxylation sites is 4. The molecule has 0 spiro atoms. The monoisotopic (exact) mass is 798 g/mol. The minimum absolute atomic E-state index is 0.0535. The van der Waals surface area contributed by atoms with Crippen molar-refractivity contribution >= 4 is 43.7 Å². The van der Waals surface area contributed by atoms with Crippen LogP contribution < -0.4 is 0 Å². The van der Waals surface area contributed by atoms with E-state index in [0.717, 1.165) is 44.2 Å². The van der Waals surface area contributed by atoms with Crippen molar-refractivity contribution in [2.75, 3.05) is 0 Å². The van der Waals surface area contributed by atoms with Crippen molar-refractivity contribution in [1.82, 2.24) is 19.5 Å². The summed E-state index contributed by atoms with van der Waals surface area (Å²) < 4.78 is 62.3. The second kappa shape index (κ2) is 14.7. The highest BCUT2D eigenvalue weighted by atomic mass is 16.3. The Morgan fingerprint density at radius 1 is 0.371 bits per heavy atom. The molecule has 0 unspecified atom stereocenters. The van der Waals surface area contributed by atoms with Crippen LogP contribution in [0.15, 0.2) is 223 Å². The molecule has 0 N–H and O–H groups in total. The number of hydrogen-bond acceptors (Lipinski definition) is 4. The summed E-state index contributed by atoms with van der Waals surface area (Å²) in [5, 5.41) is 2.17. The molecule has 0 saturated heterocycles. The summed E-state index contributed by atoms with van der Waals surface area (Å²) in [6, 6.07) is 58.0. The van der Waals surface area contributed by atoms with Crippen molar-refractivity contribution in [2.24, 2.45) is 0 Å². The predicted molar refractivity (Wildman–Crippen MR) is 254 cm³/mol. The molecule has 3 aromatic heterocycles. The Bertz CT molecular complexity index is 3910. The fourth-order valence-corrected chi connectivity index (χ4v) is 8.47. The van der Waals surface area contributed by atoms with E-state index >= 15 is 0 Å². The van der Waals surface area contributed by atoms with Crippen molar-refractivity contribution in [3.8, 4) is 73.2 Å². The van der Waals surface area contributed by atoms with E-state index in [2.05, 4.69) is 48.5 Å². The Hall–Kier alpha value is -8.41. The van der Waals surface area contributed by atoms with E-state index in [1.165, 1.54) is 12.1 Å². The van der Waals surface area contributed by atoms with Gasteiger partial charge in [-0.25, -0.2) is 15.0 Å². The van der Waals surface area contributed by atoms with Gasteiger partial charge in [0.05, 0.1) is 24.9 Å². The van der Waals surface area contributed by atoms with E-state index in [-0.39, 0.29) is 58.1 Å². The number of fused-ring (bicyclic) bond motifs is 6. The van der Waals surface area contributed by atoms with Crippen LogP contribution in [0.25, 0.3) is 117 Å². The second-order valence-corrected chi connectivity index (χ2v) is 15.1. The van der Waals surface area contributed by atoms with Gasteiger partial charge >= 0.3 is 0 Å². The fourth-order valence-electron chi connectivity index (χ4n) is 8.47. The average molecular weight is 799 g/mol. The molecule has 0 radical (unpaired) electrons. The number of furan rings is 1. The van der Waals surface area contributed by atoms with Gasteiger partial charge in [0.15, 0.2) is 17.5 Å². The van der Waals surface area contributed by atoms with Gasteiger partial charge in [-0.1, -0.05) is 176 Å². The molecule has 12 aromatic rings. The molecule has 0 fully saturated rings. The SMILES string of the molecule is [2H]c1cc([2H])c2c(c1[2H])c1c([2H])c([2H])cc([2H])c1n2-c1ccc(-c2nc(-c3ccc(-c4ccccc4)cc3)nc(-c3cccc(-c4ccccc4)c3)n2)cc1-c1cccc2c1oc1ccccc12. The molecule has 5 nitrogen and oxygen atoms in total. The Balaban J connectivity index is 1.14. The van der Waals surface area contributed by atoms with Crippen molar-refractivity contribution < 1.29 is 12.6 Å². The molecular formula is C57H36N4O. The zero-order valence-electron chi connectivity index (χ0n) is 39.0. The van der Waals surface area contributed by atoms with E-state index in [0.29, 0.717) is 51.0 Å². The van der Waals surface area contributed by atoms with Crippen LogP contribution in [0.2, 0.25) is 0 Å². The van der Waals surface area contributed by atoms with Crippen LogP contribution in [0.3, 0.4) is 0 Å². The fraction of sp³-hybridized carbons (Fsp3) is 0. The molecule has 0 atom stereocenters. The van der Waals surface area contributed by atoms with E-state index < -0.39 is 0 Å². The molecule has 3 heterocycles. The van der Waals surface area contributed by atoms with Gasteiger partial charge in [-0.05, 0) is 64.7 Å². The van der Waals surface area contributed by atoms with Gasteiger partial charge in [-0.15, -0.1) is 0 Å². The Morgan fingerprint density at radius 3 is 1.60 bits per heavy atom. The maximum Gasteiger partial charge on any atom is 0.164 e. The Morgan fingerprint density at radius 2 is 0.887 bits per heavy atom. The third-order valence-electron chi connectivity index (χ3n) is 11.4. The summed E-state index contributed by atoms with van der Waals surface area (Å²) in [6.45, 7) is 0. The van der Waals surface area contributed by atoms with E-state index in [1.807, 2.05) is 121 Å². The van der Waals surface area contributed by atoms with Crippen molar-refractivity contribution in [2.45, 2.75) is 0 Å². The third-order valence-corrected chi connectivity index (χ3v) is 11.4. The summed E-state index contributed by atoms with van der Waals surface area (Å²) in [5.74, 6) is 1.35. The van der Waals surface area contributed by atoms with Crippen LogP contribution in [0.5, 0.6) is 0 Å². The van der Waals surface area contributed by atoms with Crippen molar-refractivity contribution in [3.05, 3.63) is 218 Å². The average Bonchev–Trinajstić information content (AvgIpc) is 3.96. The highest BCUT2D eigenvalue weighted by Gasteiger charge is 2.21. The number of aromatic nitrogens is 4. The van der Waals surface area contributed by atoms with Gasteiger partial charge in [-0.2, -0.15) is 0 Å². The van der Waals surface area contributed by atoms with E-state index in [4.69, 9.17) is 24.9 Å². The van der Waals surface area contributed by atoms with Gasteiger partial charge in [0.25, 0.3) is 0 Å². The molecule has 290 valence electrons. The Labute approximate surface area is 366 Å². The molecule has 9 aromatic carbocycles. The molecular weight excluding hydrogens is 757 g/mol. The summed E-state index contributed by atoms with van der Waals surface area (Å²) >= 11 is 0. The van der Waals surface area contributed by atoms with Gasteiger partial charge < -0.3 is 8.98 Å². The normalized spacial score (nSPS) is 12.9. The zero-order chi connectivity index (χ0) is 46.2. The molecule has 0 saturated carbocycles. The van der Waals surface area contributed by atoms with Crippen LogP contribution in [0, 0.1) is 0 Å². The topological polar surface area (TPSA) is 56.7 Å². The smallest absolute Gasteiger partial charge is 0.164 e. The summed E-state index contributed by atoms with van der Waals surface area (Å²) in [4.78, 5) is 15.5. The van der Waals surface area contributed by atoms with Crippen LogP contribution in [0.4, 0.5) is 0 Å². The van der Waals surface area contributed by atoms with Crippen LogP contribution in [-0.4, -0.2) is 19.5 Å². The molecule has 0 aliphatic carbocycles. The third kappa shape index (κ3) is 6.06. The van der Waals surface area contributed by atoms with Crippen LogP contribution >= 0.6 is 0 Å². The van der Waals surface area contributed by atoms with Gasteiger partial charge in [0, 0.05) is 49.4 Å². The first kappa shape index (κ1) is 29.7.